The lowest BCUT2D eigenvalue weighted by Crippen LogP contribution is -2.30. The van der Waals surface area contributed by atoms with Crippen molar-refractivity contribution in [3.05, 3.63) is 60.2 Å². The van der Waals surface area contributed by atoms with Gasteiger partial charge in [0.15, 0.2) is 0 Å². The lowest BCUT2D eigenvalue weighted by Gasteiger charge is -2.17. The van der Waals surface area contributed by atoms with Gasteiger partial charge in [0, 0.05) is 19.3 Å². The summed E-state index contributed by atoms with van der Waals surface area (Å²) in [6.45, 7) is 0.149. The summed E-state index contributed by atoms with van der Waals surface area (Å²) < 4.78 is 62.7. The van der Waals surface area contributed by atoms with E-state index in [9.17, 15) is 26.4 Å². The van der Waals surface area contributed by atoms with Crippen LogP contribution >= 0.6 is 0 Å². The average Bonchev–Trinajstić information content (AvgIpc) is 2.55. The van der Waals surface area contributed by atoms with Crippen LogP contribution in [0.15, 0.2) is 59.5 Å². The first-order chi connectivity index (χ1) is 11.6. The van der Waals surface area contributed by atoms with E-state index in [0.717, 1.165) is 34.1 Å². The summed E-state index contributed by atoms with van der Waals surface area (Å²) in [4.78, 5) is 10.8. The quantitative estimate of drug-likeness (QED) is 0.877. The third-order valence-electron chi connectivity index (χ3n) is 3.33. The number of carbonyl (C=O) groups is 1. The summed E-state index contributed by atoms with van der Waals surface area (Å²) in [5.41, 5.74) is 0.648. The standard InChI is InChI=1S/C16H15F3N2O3S/c1-21(11-12-5-3-2-4-6-12)25(23,24)14-9-7-13(8-10-14)20-15(22)16(17,18)19/h2-10H,11H2,1H3,(H,20,22). The topological polar surface area (TPSA) is 66.5 Å². The molecule has 9 heteroatoms. The molecule has 0 aliphatic rings. The predicted molar refractivity (Wildman–Crippen MR) is 86.2 cm³/mol. The molecule has 0 fully saturated rings. The molecule has 0 aromatic heterocycles. The van der Waals surface area contributed by atoms with Crippen LogP contribution in [-0.4, -0.2) is 31.9 Å². The zero-order chi connectivity index (χ0) is 18.7. The minimum Gasteiger partial charge on any atom is -0.318 e. The van der Waals surface area contributed by atoms with Crippen molar-refractivity contribution in [1.82, 2.24) is 4.31 Å². The second-order valence-electron chi connectivity index (χ2n) is 5.22. The highest BCUT2D eigenvalue weighted by atomic mass is 32.2. The largest absolute Gasteiger partial charge is 0.471 e. The molecule has 0 unspecified atom stereocenters. The van der Waals surface area contributed by atoms with Crippen molar-refractivity contribution < 1.29 is 26.4 Å². The molecule has 0 bridgehead atoms. The van der Waals surface area contributed by atoms with Crippen LogP contribution in [0.1, 0.15) is 5.56 Å². The third kappa shape index (κ3) is 4.80. The molecule has 5 nitrogen and oxygen atoms in total. The number of rotatable bonds is 5. The summed E-state index contributed by atoms with van der Waals surface area (Å²) in [5, 5.41) is 1.66. The van der Waals surface area contributed by atoms with Gasteiger partial charge in [-0.3, -0.25) is 4.79 Å². The van der Waals surface area contributed by atoms with E-state index in [0.29, 0.717) is 0 Å². The molecular weight excluding hydrogens is 357 g/mol. The number of nitrogens with zero attached hydrogens (tertiary/aromatic N) is 1. The first-order valence-electron chi connectivity index (χ1n) is 7.09. The number of alkyl halides is 3. The van der Waals surface area contributed by atoms with Crippen LogP contribution in [0.3, 0.4) is 0 Å². The fraction of sp³-hybridized carbons (Fsp3) is 0.188. The third-order valence-corrected chi connectivity index (χ3v) is 5.14. The van der Waals surface area contributed by atoms with Crippen molar-refractivity contribution >= 4 is 21.6 Å². The minimum atomic E-state index is -5.01. The average molecular weight is 372 g/mol. The highest BCUT2D eigenvalue weighted by Gasteiger charge is 2.38. The number of hydrogen-bond donors (Lipinski definition) is 1. The Labute approximate surface area is 143 Å². The van der Waals surface area contributed by atoms with Gasteiger partial charge in [-0.05, 0) is 29.8 Å². The second-order valence-corrected chi connectivity index (χ2v) is 7.27. The first kappa shape index (κ1) is 18.9. The lowest BCUT2D eigenvalue weighted by atomic mass is 10.2. The highest BCUT2D eigenvalue weighted by Crippen LogP contribution is 2.21. The van der Waals surface area contributed by atoms with Gasteiger partial charge in [-0.1, -0.05) is 30.3 Å². The van der Waals surface area contributed by atoms with E-state index >= 15 is 0 Å². The maximum absolute atomic E-state index is 12.5. The number of halogens is 3. The number of benzene rings is 2. The van der Waals surface area contributed by atoms with Crippen LogP contribution in [-0.2, 0) is 21.4 Å². The molecular formula is C16H15F3N2O3S. The molecule has 2 rings (SSSR count). The Bertz CT molecular complexity index is 835. The summed E-state index contributed by atoms with van der Waals surface area (Å²) in [6.07, 6.45) is -5.01. The van der Waals surface area contributed by atoms with Gasteiger partial charge in [-0.15, -0.1) is 0 Å². The molecule has 25 heavy (non-hydrogen) atoms. The molecule has 1 N–H and O–H groups in total. The van der Waals surface area contributed by atoms with Crippen molar-refractivity contribution in [2.45, 2.75) is 17.6 Å². The summed E-state index contributed by atoms with van der Waals surface area (Å²) in [5.74, 6) is -2.12. The predicted octanol–water partition coefficient (Wildman–Crippen LogP) is 3.01. The van der Waals surface area contributed by atoms with Gasteiger partial charge in [-0.25, -0.2) is 8.42 Å². The Kier molecular flexibility index (Phi) is 5.48. The van der Waals surface area contributed by atoms with E-state index in [4.69, 9.17) is 0 Å². The number of amides is 1. The smallest absolute Gasteiger partial charge is 0.318 e. The maximum atomic E-state index is 12.5. The molecule has 0 heterocycles. The van der Waals surface area contributed by atoms with Crippen molar-refractivity contribution in [2.24, 2.45) is 0 Å². The molecule has 0 saturated heterocycles. The summed E-state index contributed by atoms with van der Waals surface area (Å²) in [7, 11) is -2.41. The molecule has 2 aromatic rings. The molecule has 0 radical (unpaired) electrons. The Morgan fingerprint density at radius 1 is 1.04 bits per heavy atom. The zero-order valence-electron chi connectivity index (χ0n) is 13.1. The number of sulfonamides is 1. The Morgan fingerprint density at radius 2 is 1.60 bits per heavy atom. The van der Waals surface area contributed by atoms with Gasteiger partial charge < -0.3 is 5.32 Å². The number of hydrogen-bond acceptors (Lipinski definition) is 3. The fourth-order valence-corrected chi connectivity index (χ4v) is 3.18. The van der Waals surface area contributed by atoms with Crippen LogP contribution in [0, 0.1) is 0 Å². The monoisotopic (exact) mass is 372 g/mol. The SMILES string of the molecule is CN(Cc1ccccc1)S(=O)(=O)c1ccc(NC(=O)C(F)(F)F)cc1. The van der Waals surface area contributed by atoms with Crippen LogP contribution in [0.2, 0.25) is 0 Å². The van der Waals surface area contributed by atoms with E-state index in [1.165, 1.54) is 7.05 Å². The molecule has 0 aliphatic carbocycles. The van der Waals surface area contributed by atoms with E-state index in [1.54, 1.807) is 29.6 Å². The molecule has 0 atom stereocenters. The fourth-order valence-electron chi connectivity index (χ4n) is 2.02. The van der Waals surface area contributed by atoms with E-state index < -0.39 is 22.1 Å². The second kappa shape index (κ2) is 7.24. The number of carbonyl (C=O) groups excluding carboxylic acids is 1. The first-order valence-corrected chi connectivity index (χ1v) is 8.53. The lowest BCUT2D eigenvalue weighted by molar-refractivity contribution is -0.167. The zero-order valence-corrected chi connectivity index (χ0v) is 13.9. The van der Waals surface area contributed by atoms with Crippen molar-refractivity contribution in [2.75, 3.05) is 12.4 Å². The molecule has 134 valence electrons. The van der Waals surface area contributed by atoms with E-state index in [-0.39, 0.29) is 17.1 Å². The Hall–Kier alpha value is -2.39. The van der Waals surface area contributed by atoms with Crippen LogP contribution in [0.25, 0.3) is 0 Å². The molecule has 0 saturated carbocycles. The van der Waals surface area contributed by atoms with Gasteiger partial charge in [0.05, 0.1) is 4.90 Å². The Balaban J connectivity index is 2.13. The normalized spacial score (nSPS) is 12.2. The van der Waals surface area contributed by atoms with E-state index in [1.807, 2.05) is 6.07 Å². The Morgan fingerprint density at radius 3 is 2.12 bits per heavy atom. The van der Waals surface area contributed by atoms with Crippen LogP contribution in [0.4, 0.5) is 18.9 Å². The highest BCUT2D eigenvalue weighted by molar-refractivity contribution is 7.89. The number of nitrogens with one attached hydrogen (secondary N) is 1. The van der Waals surface area contributed by atoms with Crippen molar-refractivity contribution in [3.63, 3.8) is 0 Å². The van der Waals surface area contributed by atoms with Crippen molar-refractivity contribution in [1.29, 1.82) is 0 Å². The maximum Gasteiger partial charge on any atom is 0.471 e. The van der Waals surface area contributed by atoms with Crippen LogP contribution < -0.4 is 5.32 Å². The van der Waals surface area contributed by atoms with Gasteiger partial charge in [-0.2, -0.15) is 17.5 Å². The van der Waals surface area contributed by atoms with Gasteiger partial charge in [0.25, 0.3) is 0 Å². The summed E-state index contributed by atoms with van der Waals surface area (Å²) in [6, 6.07) is 13.4. The van der Waals surface area contributed by atoms with E-state index in [2.05, 4.69) is 0 Å². The molecule has 0 spiro atoms. The minimum absolute atomic E-state index is 0.0871. The van der Waals surface area contributed by atoms with Gasteiger partial charge in [0.2, 0.25) is 10.0 Å². The van der Waals surface area contributed by atoms with Crippen molar-refractivity contribution in [3.8, 4) is 0 Å². The molecule has 2 aromatic carbocycles. The number of anilines is 1. The molecule has 0 aliphatic heterocycles. The summed E-state index contributed by atoms with van der Waals surface area (Å²) >= 11 is 0. The van der Waals surface area contributed by atoms with Gasteiger partial charge in [0.1, 0.15) is 0 Å². The van der Waals surface area contributed by atoms with Gasteiger partial charge >= 0.3 is 12.1 Å². The molecule has 1 amide bonds. The van der Waals surface area contributed by atoms with Crippen LogP contribution in [0.5, 0.6) is 0 Å².